The van der Waals surface area contributed by atoms with Gasteiger partial charge in [0.1, 0.15) is 11.4 Å². The fourth-order valence-electron chi connectivity index (χ4n) is 2.47. The number of hydrogen-bond acceptors (Lipinski definition) is 3. The molecule has 0 spiro atoms. The number of nitrogens with one attached hydrogen (secondary N) is 1. The predicted molar refractivity (Wildman–Crippen MR) is 88.9 cm³/mol. The highest BCUT2D eigenvalue weighted by Crippen LogP contribution is 2.21. The number of rotatable bonds is 6. The number of carbonyl (C=O) groups is 2. The Labute approximate surface area is 136 Å². The van der Waals surface area contributed by atoms with E-state index in [1.165, 1.54) is 6.92 Å². The monoisotopic (exact) mass is 314 g/mol. The van der Waals surface area contributed by atoms with Crippen molar-refractivity contribution in [3.63, 3.8) is 0 Å². The largest absolute Gasteiger partial charge is 0.497 e. The van der Waals surface area contributed by atoms with E-state index in [0.717, 1.165) is 17.7 Å². The molecule has 2 rings (SSSR count). The molecule has 0 fully saturated rings. The molecule has 5 heteroatoms. The Balaban J connectivity index is 2.17. The number of aryl methyl sites for hydroxylation is 1. The molecule has 1 atom stereocenters. The van der Waals surface area contributed by atoms with Gasteiger partial charge in [-0.25, -0.2) is 0 Å². The molecule has 2 aromatic rings. The molecule has 23 heavy (non-hydrogen) atoms. The molecule has 0 radical (unpaired) electrons. The smallest absolute Gasteiger partial charge is 0.268 e. The number of Topliss-reactive ketones (excluding diaryl/α,β-unsaturated/α-hetero) is 1. The first-order valence-corrected chi connectivity index (χ1v) is 7.58. The molecule has 0 bridgehead atoms. The fourth-order valence-corrected chi connectivity index (χ4v) is 2.47. The van der Waals surface area contributed by atoms with Gasteiger partial charge in [-0.2, -0.15) is 0 Å². The van der Waals surface area contributed by atoms with Crippen molar-refractivity contribution in [2.45, 2.75) is 26.3 Å². The van der Waals surface area contributed by atoms with Gasteiger partial charge < -0.3 is 14.6 Å². The standard InChI is InChI=1S/C18H22N2O3/c1-5-16(13-6-8-15(23-4)9-7-13)19-18(22)17-10-14(12(2)21)11-20(17)3/h6-11,16H,5H2,1-4H3,(H,19,22)/t16-/m1/s1. The lowest BCUT2D eigenvalue weighted by Gasteiger charge is -2.18. The van der Waals surface area contributed by atoms with E-state index in [1.807, 2.05) is 31.2 Å². The van der Waals surface area contributed by atoms with Crippen LogP contribution in [-0.2, 0) is 7.05 Å². The van der Waals surface area contributed by atoms with Gasteiger partial charge >= 0.3 is 0 Å². The van der Waals surface area contributed by atoms with E-state index >= 15 is 0 Å². The van der Waals surface area contributed by atoms with Crippen molar-refractivity contribution in [2.24, 2.45) is 7.05 Å². The van der Waals surface area contributed by atoms with Crippen molar-refractivity contribution >= 4 is 11.7 Å². The van der Waals surface area contributed by atoms with Crippen LogP contribution in [0.25, 0.3) is 0 Å². The highest BCUT2D eigenvalue weighted by Gasteiger charge is 2.18. The zero-order chi connectivity index (χ0) is 17.0. The van der Waals surface area contributed by atoms with Gasteiger partial charge in [0.15, 0.2) is 5.78 Å². The van der Waals surface area contributed by atoms with Gasteiger partial charge in [0.05, 0.1) is 13.2 Å². The Bertz CT molecular complexity index is 702. The number of amides is 1. The zero-order valence-electron chi connectivity index (χ0n) is 13.9. The third kappa shape index (κ3) is 3.80. The molecule has 1 aromatic heterocycles. The van der Waals surface area contributed by atoms with Crippen LogP contribution in [0.3, 0.4) is 0 Å². The zero-order valence-corrected chi connectivity index (χ0v) is 13.9. The van der Waals surface area contributed by atoms with Crippen LogP contribution in [-0.4, -0.2) is 23.4 Å². The summed E-state index contributed by atoms with van der Waals surface area (Å²) in [5, 5.41) is 3.02. The van der Waals surface area contributed by atoms with E-state index in [0.29, 0.717) is 11.3 Å². The van der Waals surface area contributed by atoms with Crippen molar-refractivity contribution in [1.82, 2.24) is 9.88 Å². The molecule has 1 amide bonds. The normalized spacial score (nSPS) is 11.8. The first-order valence-electron chi connectivity index (χ1n) is 7.58. The molecule has 0 saturated heterocycles. The number of nitrogens with zero attached hydrogens (tertiary/aromatic N) is 1. The van der Waals surface area contributed by atoms with Crippen molar-refractivity contribution < 1.29 is 14.3 Å². The lowest BCUT2D eigenvalue weighted by atomic mass is 10.0. The number of ketones is 1. The second-order valence-electron chi connectivity index (χ2n) is 5.49. The summed E-state index contributed by atoms with van der Waals surface area (Å²) in [5.41, 5.74) is 2.03. The summed E-state index contributed by atoms with van der Waals surface area (Å²) in [4.78, 5) is 23.9. The van der Waals surface area contributed by atoms with Crippen LogP contribution in [0.1, 0.15) is 52.7 Å². The maximum Gasteiger partial charge on any atom is 0.268 e. The molecule has 0 aliphatic heterocycles. The summed E-state index contributed by atoms with van der Waals surface area (Å²) >= 11 is 0. The Kier molecular flexibility index (Phi) is 5.21. The molecule has 0 aliphatic carbocycles. The minimum Gasteiger partial charge on any atom is -0.497 e. The molecule has 0 aliphatic rings. The summed E-state index contributed by atoms with van der Waals surface area (Å²) in [6.07, 6.45) is 2.44. The molecule has 1 heterocycles. The predicted octanol–water partition coefficient (Wildman–Crippen LogP) is 3.12. The van der Waals surface area contributed by atoms with Gasteiger partial charge in [0.25, 0.3) is 5.91 Å². The number of hydrogen-bond donors (Lipinski definition) is 1. The SMILES string of the molecule is CC[C@@H](NC(=O)c1cc(C(C)=O)cn1C)c1ccc(OC)cc1. The van der Waals surface area contributed by atoms with Crippen LogP contribution >= 0.6 is 0 Å². The van der Waals surface area contributed by atoms with Gasteiger partial charge in [0, 0.05) is 18.8 Å². The minimum atomic E-state index is -0.192. The van der Waals surface area contributed by atoms with E-state index in [-0.39, 0.29) is 17.7 Å². The summed E-state index contributed by atoms with van der Waals surface area (Å²) in [7, 11) is 3.38. The molecule has 1 N–H and O–H groups in total. The molecule has 122 valence electrons. The number of aromatic nitrogens is 1. The Morgan fingerprint density at radius 3 is 2.39 bits per heavy atom. The summed E-state index contributed by atoms with van der Waals surface area (Å²) < 4.78 is 6.82. The molecule has 1 aromatic carbocycles. The van der Waals surface area contributed by atoms with E-state index < -0.39 is 0 Å². The van der Waals surface area contributed by atoms with Crippen LogP contribution in [0.2, 0.25) is 0 Å². The van der Waals surface area contributed by atoms with Crippen molar-refractivity contribution in [1.29, 1.82) is 0 Å². The number of ether oxygens (including phenoxy) is 1. The highest BCUT2D eigenvalue weighted by atomic mass is 16.5. The van der Waals surface area contributed by atoms with E-state index in [2.05, 4.69) is 5.32 Å². The topological polar surface area (TPSA) is 60.3 Å². The summed E-state index contributed by atoms with van der Waals surface area (Å²) in [6, 6.07) is 9.17. The average molecular weight is 314 g/mol. The summed E-state index contributed by atoms with van der Waals surface area (Å²) in [5.74, 6) is 0.535. The van der Waals surface area contributed by atoms with Gasteiger partial charge in [0.2, 0.25) is 0 Å². The maximum absolute atomic E-state index is 12.5. The molecular formula is C18H22N2O3. The first-order chi connectivity index (χ1) is 11.0. The first kappa shape index (κ1) is 16.8. The maximum atomic E-state index is 12.5. The van der Waals surface area contributed by atoms with Gasteiger partial charge in [-0.15, -0.1) is 0 Å². The molecule has 5 nitrogen and oxygen atoms in total. The van der Waals surface area contributed by atoms with E-state index in [9.17, 15) is 9.59 Å². The number of benzene rings is 1. The average Bonchev–Trinajstić information content (AvgIpc) is 2.95. The van der Waals surface area contributed by atoms with Gasteiger partial charge in [-0.3, -0.25) is 9.59 Å². The van der Waals surface area contributed by atoms with Crippen LogP contribution in [0.4, 0.5) is 0 Å². The lowest BCUT2D eigenvalue weighted by molar-refractivity contribution is 0.0927. The van der Waals surface area contributed by atoms with E-state index in [1.54, 1.807) is 31.0 Å². The van der Waals surface area contributed by atoms with E-state index in [4.69, 9.17) is 4.74 Å². The second kappa shape index (κ2) is 7.13. The quantitative estimate of drug-likeness (QED) is 0.833. The molecule has 0 unspecified atom stereocenters. The lowest BCUT2D eigenvalue weighted by Crippen LogP contribution is -2.29. The number of methoxy groups -OCH3 is 1. The van der Waals surface area contributed by atoms with Crippen LogP contribution < -0.4 is 10.1 Å². The van der Waals surface area contributed by atoms with Gasteiger partial charge in [-0.05, 0) is 37.1 Å². The second-order valence-corrected chi connectivity index (χ2v) is 5.49. The number of carbonyl (C=O) groups excluding carboxylic acids is 2. The van der Waals surface area contributed by atoms with Crippen LogP contribution in [0, 0.1) is 0 Å². The van der Waals surface area contributed by atoms with Crippen molar-refractivity contribution in [2.75, 3.05) is 7.11 Å². The van der Waals surface area contributed by atoms with Gasteiger partial charge in [-0.1, -0.05) is 19.1 Å². The van der Waals surface area contributed by atoms with Crippen LogP contribution in [0.5, 0.6) is 5.75 Å². The Morgan fingerprint density at radius 2 is 1.91 bits per heavy atom. The molecular weight excluding hydrogens is 292 g/mol. The fraction of sp³-hybridized carbons (Fsp3) is 0.333. The Morgan fingerprint density at radius 1 is 1.26 bits per heavy atom. The minimum absolute atomic E-state index is 0.0538. The highest BCUT2D eigenvalue weighted by molar-refractivity contribution is 5.99. The third-order valence-electron chi connectivity index (χ3n) is 3.88. The summed E-state index contributed by atoms with van der Waals surface area (Å²) in [6.45, 7) is 3.50. The van der Waals surface area contributed by atoms with Crippen molar-refractivity contribution in [3.05, 3.63) is 53.3 Å². The Hall–Kier alpha value is -2.56. The van der Waals surface area contributed by atoms with Crippen molar-refractivity contribution in [3.8, 4) is 5.75 Å². The molecule has 0 saturated carbocycles. The third-order valence-corrected chi connectivity index (χ3v) is 3.88. The van der Waals surface area contributed by atoms with Crippen LogP contribution in [0.15, 0.2) is 36.5 Å².